The number of rotatable bonds is 9. The van der Waals surface area contributed by atoms with Gasteiger partial charge < -0.3 is 9.13 Å². The zero-order valence-corrected chi connectivity index (χ0v) is 30.9. The van der Waals surface area contributed by atoms with Crippen molar-refractivity contribution in [2.24, 2.45) is 0 Å². The first kappa shape index (κ1) is 33.5. The topological polar surface area (TPSA) is 42.8 Å². The van der Waals surface area contributed by atoms with Crippen LogP contribution in [0.1, 0.15) is 0 Å². The van der Waals surface area contributed by atoms with E-state index in [0.29, 0.717) is 12.3 Å². The van der Waals surface area contributed by atoms with Crippen molar-refractivity contribution in [3.8, 4) is 0 Å². The van der Waals surface area contributed by atoms with Crippen LogP contribution >= 0.6 is 32.1 Å². The van der Waals surface area contributed by atoms with E-state index in [9.17, 15) is 9.13 Å². The van der Waals surface area contributed by atoms with Crippen molar-refractivity contribution < 1.29 is 9.13 Å². The van der Waals surface area contributed by atoms with E-state index in [2.05, 4.69) is 0 Å². The third-order valence-corrected chi connectivity index (χ3v) is 26.4. The van der Waals surface area contributed by atoms with Crippen LogP contribution in [0.2, 0.25) is 0 Å². The minimum absolute atomic E-state index is 0.523. The molecule has 6 aromatic rings. The minimum Gasteiger partial charge on any atom is -0.311 e. The Morgan fingerprint density at radius 1 is 0.356 bits per heavy atom. The smallest absolute Gasteiger partial charge is 0.286 e. The molecule has 0 atom stereocenters. The van der Waals surface area contributed by atoms with E-state index in [1.165, 1.54) is 0 Å². The standard InChI is InChI=1S/C26H24O2P2.2C6H5.2ClH.Sn/c27-29(23-13-5-1-6-14-23,24-15-7-2-8-16-24)21-22-30(28,25-17-9-3-10-18-25)26-19-11-4-12-20-26;2*1-2-4-6-5-3-1;;;/h1-20H,21-22H2;2*1-5H;2*1H;/q;;;;;+2. The monoisotopic (exact) mass is 776 g/mol. The first-order valence-electron chi connectivity index (χ1n) is 14.8. The molecule has 0 aliphatic carbocycles. The zero-order chi connectivity index (χ0) is 31.6. The van der Waals surface area contributed by atoms with Gasteiger partial charge >= 0.3 is 102 Å². The quantitative estimate of drug-likeness (QED) is 0.0825. The Labute approximate surface area is 278 Å². The molecule has 6 aromatic carbocycles. The molecule has 0 aliphatic heterocycles. The summed E-state index contributed by atoms with van der Waals surface area (Å²) in [5.74, 6) is 0. The number of hydrogen-bond donors (Lipinski definition) is 0. The maximum atomic E-state index is 12.0. The molecule has 2 N–H and O–H groups in total. The van der Waals surface area contributed by atoms with Gasteiger partial charge in [0.15, 0.2) is 0 Å². The fraction of sp³-hybridized carbons (Fsp3) is 0.0526. The zero-order valence-electron chi connectivity index (χ0n) is 24.8. The van der Waals surface area contributed by atoms with E-state index in [1.54, 1.807) is 0 Å². The molecule has 0 unspecified atom stereocenters. The third-order valence-electron chi connectivity index (χ3n) is 7.75. The van der Waals surface area contributed by atoms with Gasteiger partial charge in [0.05, 0.1) is 33.5 Å². The molecule has 0 aliphatic rings. The van der Waals surface area contributed by atoms with Gasteiger partial charge in [-0.2, -0.15) is 0 Å². The van der Waals surface area contributed by atoms with Gasteiger partial charge in [-0.05, 0) is 48.5 Å². The number of hydrogen-bond acceptors (Lipinski definition) is 0. The molecule has 0 heterocycles. The second-order valence-corrected chi connectivity index (χ2v) is 32.2. The summed E-state index contributed by atoms with van der Waals surface area (Å²) in [7, 11) is 7.84. The summed E-state index contributed by atoms with van der Waals surface area (Å²) < 4.78 is 26.3. The Bertz CT molecular complexity index is 1630. The largest absolute Gasteiger partial charge is 0.311 e. The van der Waals surface area contributed by atoms with Gasteiger partial charge in [0.25, 0.3) is 14.3 Å². The molecule has 0 amide bonds. The molecule has 0 fully saturated rings. The SMILES string of the molecule is [Cl][Sn]([Cl])([c]1ccccc1)[c]1ccccc1.[OH+]=P(CCP(=[OH+])(c1ccccc1)c1ccccc1)(c1ccccc1)c1ccccc1. The average Bonchev–Trinajstić information content (AvgIpc) is 3.13. The summed E-state index contributed by atoms with van der Waals surface area (Å²) in [6, 6.07) is 59.6. The van der Waals surface area contributed by atoms with Gasteiger partial charge in [0.1, 0.15) is 0 Å². The molecule has 226 valence electrons. The molecule has 2 nitrogen and oxygen atoms in total. The van der Waals surface area contributed by atoms with Gasteiger partial charge in [-0.15, -0.1) is 0 Å². The van der Waals surface area contributed by atoms with Crippen LogP contribution < -0.4 is 28.4 Å². The van der Waals surface area contributed by atoms with Crippen molar-refractivity contribution in [1.82, 2.24) is 0 Å². The molecule has 0 spiro atoms. The normalized spacial score (nSPS) is 11.7. The molecule has 0 saturated heterocycles. The maximum absolute atomic E-state index is 12.0. The van der Waals surface area contributed by atoms with Crippen molar-refractivity contribution >= 4 is 76.6 Å². The molecule has 6 rings (SSSR count). The summed E-state index contributed by atoms with van der Waals surface area (Å²) in [6.45, 7) is 0. The average molecular weight is 776 g/mol. The van der Waals surface area contributed by atoms with Crippen LogP contribution in [0.25, 0.3) is 0 Å². The number of benzene rings is 6. The molecular formula is C38H36Cl2O2P2Sn+2. The molecule has 45 heavy (non-hydrogen) atoms. The first-order valence-corrected chi connectivity index (χ1v) is 28.7. The van der Waals surface area contributed by atoms with E-state index >= 15 is 0 Å². The fourth-order valence-corrected chi connectivity index (χ4v) is 19.7. The summed E-state index contributed by atoms with van der Waals surface area (Å²) in [5, 5.41) is 3.79. The Morgan fingerprint density at radius 3 is 0.778 bits per heavy atom. The summed E-state index contributed by atoms with van der Waals surface area (Å²) in [6.07, 6.45) is 1.05. The first-order chi connectivity index (χ1) is 21.8. The number of halogens is 2. The second kappa shape index (κ2) is 15.6. The van der Waals surface area contributed by atoms with Gasteiger partial charge in [-0.25, -0.2) is 0 Å². The van der Waals surface area contributed by atoms with E-state index < -0.39 is 30.4 Å². The van der Waals surface area contributed by atoms with Crippen LogP contribution in [0, 0.1) is 0 Å². The third kappa shape index (κ3) is 8.12. The summed E-state index contributed by atoms with van der Waals surface area (Å²) in [5.41, 5.74) is 0. The van der Waals surface area contributed by atoms with Crippen LogP contribution in [0.15, 0.2) is 182 Å². The van der Waals surface area contributed by atoms with Crippen molar-refractivity contribution in [2.45, 2.75) is 0 Å². The van der Waals surface area contributed by atoms with Crippen LogP contribution in [-0.4, -0.2) is 37.6 Å². The van der Waals surface area contributed by atoms with Crippen LogP contribution in [-0.2, 0) is 0 Å². The Morgan fingerprint density at radius 2 is 0.556 bits per heavy atom. The van der Waals surface area contributed by atoms with Crippen LogP contribution in [0.5, 0.6) is 0 Å². The predicted octanol–water partition coefficient (Wildman–Crippen LogP) is 7.62. The van der Waals surface area contributed by atoms with Gasteiger partial charge in [-0.1, -0.05) is 72.8 Å². The van der Waals surface area contributed by atoms with E-state index in [1.807, 2.05) is 182 Å². The summed E-state index contributed by atoms with van der Waals surface area (Å²) >= 11 is -3.30. The molecule has 0 radical (unpaired) electrons. The Hall–Kier alpha value is -2.84. The molecular weight excluding hydrogens is 740 g/mol. The van der Waals surface area contributed by atoms with Crippen molar-refractivity contribution in [1.29, 1.82) is 0 Å². The summed E-state index contributed by atoms with van der Waals surface area (Å²) in [4.78, 5) is 0. The molecule has 7 heteroatoms. The van der Waals surface area contributed by atoms with E-state index in [4.69, 9.17) is 17.8 Å². The second-order valence-electron chi connectivity index (χ2n) is 10.6. The minimum atomic E-state index is -3.30. The van der Waals surface area contributed by atoms with Crippen molar-refractivity contribution in [3.63, 3.8) is 0 Å². The van der Waals surface area contributed by atoms with E-state index in [-0.39, 0.29) is 0 Å². The van der Waals surface area contributed by atoms with Gasteiger partial charge in [0, 0.05) is 0 Å². The molecule has 0 saturated carbocycles. The van der Waals surface area contributed by atoms with Crippen molar-refractivity contribution in [3.05, 3.63) is 182 Å². The fourth-order valence-electron chi connectivity index (χ4n) is 5.26. The molecule has 0 bridgehead atoms. The Balaban J connectivity index is 0.000000223. The Kier molecular flexibility index (Phi) is 11.6. The van der Waals surface area contributed by atoms with Gasteiger partial charge in [-0.3, -0.25) is 0 Å². The molecule has 0 aromatic heterocycles. The van der Waals surface area contributed by atoms with Gasteiger partial charge in [0.2, 0.25) is 0 Å². The maximum Gasteiger partial charge on any atom is 0.286 e. The predicted molar refractivity (Wildman–Crippen MR) is 201 cm³/mol. The van der Waals surface area contributed by atoms with Crippen LogP contribution in [0.4, 0.5) is 0 Å². The van der Waals surface area contributed by atoms with E-state index in [0.717, 1.165) is 28.4 Å². The van der Waals surface area contributed by atoms with Crippen LogP contribution in [0.3, 0.4) is 0 Å². The van der Waals surface area contributed by atoms with Crippen molar-refractivity contribution in [2.75, 3.05) is 12.3 Å².